The van der Waals surface area contributed by atoms with Crippen LogP contribution >= 0.6 is 0 Å². The molecule has 16 heavy (non-hydrogen) atoms. The molecule has 1 aliphatic heterocycles. The molecule has 0 amide bonds. The van der Waals surface area contributed by atoms with Crippen LogP contribution in [0.25, 0.3) is 0 Å². The first-order valence-corrected chi connectivity index (χ1v) is 5.69. The highest BCUT2D eigenvalue weighted by Crippen LogP contribution is 2.08. The molecule has 5 heteroatoms. The summed E-state index contributed by atoms with van der Waals surface area (Å²) < 4.78 is 7.68. The average molecular weight is 224 g/mol. The molecule has 0 radical (unpaired) electrons. The Morgan fingerprint density at radius 3 is 3.00 bits per heavy atom. The molecule has 1 saturated heterocycles. The first kappa shape index (κ1) is 11.4. The van der Waals surface area contributed by atoms with Crippen LogP contribution in [-0.2, 0) is 11.8 Å². The Kier molecular flexibility index (Phi) is 3.46. The number of anilines is 1. The summed E-state index contributed by atoms with van der Waals surface area (Å²) in [5, 5.41) is 3.32. The van der Waals surface area contributed by atoms with Crippen molar-refractivity contribution < 1.29 is 4.74 Å². The lowest BCUT2D eigenvalue weighted by molar-refractivity contribution is -0.0118. The molecule has 2 rings (SSSR count). The topological polar surface area (TPSA) is 42.3 Å². The van der Waals surface area contributed by atoms with Crippen molar-refractivity contribution in [1.29, 1.82) is 0 Å². The van der Waals surface area contributed by atoms with Gasteiger partial charge in [-0.2, -0.15) is 0 Å². The van der Waals surface area contributed by atoms with E-state index in [-0.39, 0.29) is 6.10 Å². The van der Waals surface area contributed by atoms with E-state index < -0.39 is 0 Å². The first-order chi connectivity index (χ1) is 7.65. The van der Waals surface area contributed by atoms with E-state index in [0.29, 0.717) is 0 Å². The maximum Gasteiger partial charge on any atom is 0.202 e. The molecule has 0 spiro atoms. The number of hydrogen-bond donors (Lipinski definition) is 1. The number of aryl methyl sites for hydroxylation is 2. The van der Waals surface area contributed by atoms with Gasteiger partial charge in [-0.15, -0.1) is 0 Å². The van der Waals surface area contributed by atoms with Crippen molar-refractivity contribution in [1.82, 2.24) is 14.5 Å². The minimum atomic E-state index is 0.260. The molecular weight excluding hydrogens is 204 g/mol. The third-order valence-electron chi connectivity index (χ3n) is 2.83. The lowest BCUT2D eigenvalue weighted by atomic mass is 10.3. The molecule has 5 nitrogen and oxygen atoms in total. The zero-order chi connectivity index (χ0) is 11.5. The largest absolute Gasteiger partial charge is 0.374 e. The van der Waals surface area contributed by atoms with Crippen molar-refractivity contribution in [3.8, 4) is 0 Å². The Labute approximate surface area is 96.4 Å². The van der Waals surface area contributed by atoms with E-state index >= 15 is 0 Å². The van der Waals surface area contributed by atoms with E-state index in [2.05, 4.69) is 22.2 Å². The summed E-state index contributed by atoms with van der Waals surface area (Å²) in [6.45, 7) is 5.64. The SMILES string of the molecule is Cc1cn(C)c(NCC2CN(C)CCO2)n1. The minimum Gasteiger partial charge on any atom is -0.374 e. The smallest absolute Gasteiger partial charge is 0.202 e. The number of nitrogens with zero attached hydrogens (tertiary/aromatic N) is 3. The predicted molar refractivity (Wildman–Crippen MR) is 63.7 cm³/mol. The summed E-state index contributed by atoms with van der Waals surface area (Å²) in [6, 6.07) is 0. The second kappa shape index (κ2) is 4.84. The summed E-state index contributed by atoms with van der Waals surface area (Å²) in [5.74, 6) is 0.911. The Balaban J connectivity index is 1.85. The second-order valence-electron chi connectivity index (χ2n) is 4.45. The van der Waals surface area contributed by atoms with Gasteiger partial charge in [-0.1, -0.05) is 0 Å². The molecule has 0 aromatic carbocycles. The summed E-state index contributed by atoms with van der Waals surface area (Å²) in [7, 11) is 4.12. The Bertz CT molecular complexity index is 350. The quantitative estimate of drug-likeness (QED) is 0.810. The number of hydrogen-bond acceptors (Lipinski definition) is 4. The molecule has 1 atom stereocenters. The fourth-order valence-corrected chi connectivity index (χ4v) is 1.98. The highest BCUT2D eigenvalue weighted by atomic mass is 16.5. The summed E-state index contributed by atoms with van der Waals surface area (Å²) in [4.78, 5) is 6.69. The molecule has 1 aromatic heterocycles. The van der Waals surface area contributed by atoms with Gasteiger partial charge < -0.3 is 19.5 Å². The molecule has 0 bridgehead atoms. The van der Waals surface area contributed by atoms with Crippen molar-refractivity contribution in [3.63, 3.8) is 0 Å². The van der Waals surface area contributed by atoms with Crippen molar-refractivity contribution in [2.45, 2.75) is 13.0 Å². The van der Waals surface area contributed by atoms with E-state index in [1.54, 1.807) is 0 Å². The number of ether oxygens (including phenoxy) is 1. The van der Waals surface area contributed by atoms with E-state index in [1.807, 2.05) is 24.7 Å². The van der Waals surface area contributed by atoms with Gasteiger partial charge in [0.15, 0.2) is 0 Å². The van der Waals surface area contributed by atoms with Gasteiger partial charge in [-0.05, 0) is 14.0 Å². The number of imidazole rings is 1. The van der Waals surface area contributed by atoms with Crippen molar-refractivity contribution >= 4 is 5.95 Å². The number of nitrogens with one attached hydrogen (secondary N) is 1. The fraction of sp³-hybridized carbons (Fsp3) is 0.727. The summed E-state index contributed by atoms with van der Waals surface area (Å²) in [6.07, 6.45) is 2.27. The predicted octanol–water partition coefficient (Wildman–Crippen LogP) is 0.471. The van der Waals surface area contributed by atoms with Gasteiger partial charge in [0.1, 0.15) is 0 Å². The zero-order valence-electron chi connectivity index (χ0n) is 10.2. The van der Waals surface area contributed by atoms with Crippen molar-refractivity contribution in [2.24, 2.45) is 7.05 Å². The number of likely N-dealkylation sites (N-methyl/N-ethyl adjacent to an activating group) is 1. The Morgan fingerprint density at radius 2 is 2.38 bits per heavy atom. The molecule has 1 unspecified atom stereocenters. The maximum atomic E-state index is 5.68. The highest BCUT2D eigenvalue weighted by Gasteiger charge is 2.17. The Hall–Kier alpha value is -1.07. The lowest BCUT2D eigenvalue weighted by Gasteiger charge is -2.30. The molecule has 1 N–H and O–H groups in total. The second-order valence-corrected chi connectivity index (χ2v) is 4.45. The maximum absolute atomic E-state index is 5.68. The fourth-order valence-electron chi connectivity index (χ4n) is 1.98. The standard InChI is InChI=1S/C11H20N4O/c1-9-7-15(3)11(13-9)12-6-10-8-14(2)4-5-16-10/h7,10H,4-6,8H2,1-3H3,(H,12,13). The van der Waals surface area contributed by atoms with Gasteiger partial charge in [0.2, 0.25) is 5.95 Å². The molecule has 0 saturated carbocycles. The normalized spacial score (nSPS) is 22.3. The van der Waals surface area contributed by atoms with Crippen LogP contribution in [0.3, 0.4) is 0 Å². The van der Waals surface area contributed by atoms with Crippen LogP contribution in [0, 0.1) is 6.92 Å². The molecule has 1 aliphatic rings. The number of morpholine rings is 1. The monoisotopic (exact) mass is 224 g/mol. The van der Waals surface area contributed by atoms with E-state index in [4.69, 9.17) is 4.74 Å². The summed E-state index contributed by atoms with van der Waals surface area (Å²) >= 11 is 0. The molecule has 1 aromatic rings. The van der Waals surface area contributed by atoms with Crippen LogP contribution in [0.5, 0.6) is 0 Å². The molecular formula is C11H20N4O. The molecule has 0 aliphatic carbocycles. The summed E-state index contributed by atoms with van der Waals surface area (Å²) in [5.41, 5.74) is 1.03. The zero-order valence-corrected chi connectivity index (χ0v) is 10.2. The highest BCUT2D eigenvalue weighted by molar-refractivity contribution is 5.28. The van der Waals surface area contributed by atoms with E-state index in [0.717, 1.165) is 37.9 Å². The third kappa shape index (κ3) is 2.74. The first-order valence-electron chi connectivity index (χ1n) is 5.69. The van der Waals surface area contributed by atoms with Crippen LogP contribution in [0.2, 0.25) is 0 Å². The molecule has 2 heterocycles. The Morgan fingerprint density at radius 1 is 1.56 bits per heavy atom. The number of aromatic nitrogens is 2. The van der Waals surface area contributed by atoms with Crippen LogP contribution in [-0.4, -0.2) is 53.8 Å². The van der Waals surface area contributed by atoms with Gasteiger partial charge in [-0.3, -0.25) is 0 Å². The third-order valence-corrected chi connectivity index (χ3v) is 2.83. The molecule has 1 fully saturated rings. The minimum absolute atomic E-state index is 0.260. The van der Waals surface area contributed by atoms with E-state index in [9.17, 15) is 0 Å². The van der Waals surface area contributed by atoms with Crippen molar-refractivity contribution in [3.05, 3.63) is 11.9 Å². The van der Waals surface area contributed by atoms with Crippen molar-refractivity contribution in [2.75, 3.05) is 38.6 Å². The van der Waals surface area contributed by atoms with Gasteiger partial charge in [0, 0.05) is 32.9 Å². The van der Waals surface area contributed by atoms with E-state index in [1.165, 1.54) is 0 Å². The van der Waals surface area contributed by atoms with Crippen LogP contribution < -0.4 is 5.32 Å². The van der Waals surface area contributed by atoms with Gasteiger partial charge in [0.05, 0.1) is 18.4 Å². The van der Waals surface area contributed by atoms with Crippen LogP contribution in [0.1, 0.15) is 5.69 Å². The van der Waals surface area contributed by atoms with Gasteiger partial charge in [0.25, 0.3) is 0 Å². The van der Waals surface area contributed by atoms with Crippen LogP contribution in [0.4, 0.5) is 5.95 Å². The lowest BCUT2D eigenvalue weighted by Crippen LogP contribution is -2.43. The van der Waals surface area contributed by atoms with Crippen LogP contribution in [0.15, 0.2) is 6.20 Å². The van der Waals surface area contributed by atoms with Gasteiger partial charge >= 0.3 is 0 Å². The molecule has 90 valence electrons. The van der Waals surface area contributed by atoms with Gasteiger partial charge in [-0.25, -0.2) is 4.98 Å². The average Bonchev–Trinajstić information content (AvgIpc) is 2.54. The number of rotatable bonds is 3.